The van der Waals surface area contributed by atoms with Crippen LogP contribution in [0.5, 0.6) is 17.2 Å². The number of rotatable bonds is 4. The van der Waals surface area contributed by atoms with Crippen LogP contribution in [0.25, 0.3) is 6.08 Å². The molecule has 0 radical (unpaired) electrons. The van der Waals surface area contributed by atoms with Crippen molar-refractivity contribution in [3.05, 3.63) is 51.9 Å². The number of halogens is 1. The molecule has 2 aliphatic rings. The molecular weight excluding hydrogens is 388 g/mol. The molecule has 1 saturated heterocycles. The summed E-state index contributed by atoms with van der Waals surface area (Å²) in [5.41, 5.74) is 1.41. The molecule has 27 heavy (non-hydrogen) atoms. The van der Waals surface area contributed by atoms with E-state index in [4.69, 9.17) is 25.8 Å². The predicted octanol–water partition coefficient (Wildman–Crippen LogP) is 4.36. The van der Waals surface area contributed by atoms with Crippen LogP contribution in [-0.4, -0.2) is 24.5 Å². The number of hydrogen-bond acceptors (Lipinski definition) is 6. The molecule has 0 saturated carbocycles. The first kappa shape index (κ1) is 17.8. The molecule has 0 unspecified atom stereocenters. The largest absolute Gasteiger partial charge is 0.494 e. The number of hydrogen-bond donors (Lipinski definition) is 1. The van der Waals surface area contributed by atoms with Crippen LogP contribution in [0.3, 0.4) is 0 Å². The second-order valence-corrected chi connectivity index (χ2v) is 7.07. The second kappa shape index (κ2) is 7.54. The maximum atomic E-state index is 12.3. The minimum absolute atomic E-state index is 0.166. The lowest BCUT2D eigenvalue weighted by atomic mass is 10.2. The maximum absolute atomic E-state index is 12.3. The number of carbonyl (C=O) groups excluding carboxylic acids is 1. The number of aliphatic imine (C=N–C) groups is 1. The minimum Gasteiger partial charge on any atom is -0.494 e. The van der Waals surface area contributed by atoms with Gasteiger partial charge in [0.05, 0.1) is 22.2 Å². The van der Waals surface area contributed by atoms with Crippen LogP contribution >= 0.6 is 23.4 Å². The molecule has 2 heterocycles. The van der Waals surface area contributed by atoms with E-state index < -0.39 is 0 Å². The Morgan fingerprint density at radius 1 is 1.26 bits per heavy atom. The molecule has 2 aromatic rings. The van der Waals surface area contributed by atoms with Gasteiger partial charge < -0.3 is 19.5 Å². The number of nitrogens with one attached hydrogen (secondary N) is 1. The third kappa shape index (κ3) is 3.89. The van der Waals surface area contributed by atoms with Gasteiger partial charge in [-0.25, -0.2) is 4.99 Å². The van der Waals surface area contributed by atoms with E-state index in [9.17, 15) is 4.79 Å². The normalized spacial score (nSPS) is 18.2. The van der Waals surface area contributed by atoms with Crippen LogP contribution in [0.4, 0.5) is 5.69 Å². The molecule has 0 spiro atoms. The van der Waals surface area contributed by atoms with E-state index in [-0.39, 0.29) is 12.7 Å². The molecule has 8 heteroatoms. The zero-order valence-corrected chi connectivity index (χ0v) is 15.9. The first-order chi connectivity index (χ1) is 13.1. The molecule has 0 atom stereocenters. The zero-order valence-electron chi connectivity index (χ0n) is 14.3. The van der Waals surface area contributed by atoms with Gasteiger partial charge in [-0.05, 0) is 60.7 Å². The molecule has 4 rings (SSSR count). The van der Waals surface area contributed by atoms with Gasteiger partial charge in [0.15, 0.2) is 16.7 Å². The molecule has 138 valence electrons. The van der Waals surface area contributed by atoms with E-state index in [0.29, 0.717) is 38.8 Å². The summed E-state index contributed by atoms with van der Waals surface area (Å²) in [5, 5.41) is 3.75. The van der Waals surface area contributed by atoms with Gasteiger partial charge in [0.25, 0.3) is 5.91 Å². The molecule has 6 nitrogen and oxygen atoms in total. The third-order valence-corrected chi connectivity index (χ3v) is 5.04. The average molecular weight is 403 g/mol. The topological polar surface area (TPSA) is 69.2 Å². The number of thioether (sulfide) groups is 1. The van der Waals surface area contributed by atoms with E-state index in [0.717, 1.165) is 11.4 Å². The van der Waals surface area contributed by atoms with Crippen LogP contribution < -0.4 is 19.5 Å². The van der Waals surface area contributed by atoms with Gasteiger partial charge in [-0.2, -0.15) is 0 Å². The van der Waals surface area contributed by atoms with Crippen molar-refractivity contribution >= 4 is 46.2 Å². The van der Waals surface area contributed by atoms with Gasteiger partial charge >= 0.3 is 0 Å². The molecule has 1 fully saturated rings. The van der Waals surface area contributed by atoms with Crippen molar-refractivity contribution in [2.75, 3.05) is 13.4 Å². The highest BCUT2D eigenvalue weighted by Gasteiger charge is 2.25. The Labute approximate surface area is 165 Å². The Kier molecular flexibility index (Phi) is 4.96. The van der Waals surface area contributed by atoms with E-state index in [1.807, 2.05) is 31.2 Å². The standard InChI is InChI=1S/C19H15ClN2O4S/c1-2-24-13-5-3-12(4-6-13)21-19-22-18(23)17(27-19)8-11-7-15-16(9-14(11)20)26-10-25-15/h3-9H,2,10H2,1H3,(H,21,22,23). The van der Waals surface area contributed by atoms with Crippen LogP contribution in [0.15, 0.2) is 46.3 Å². The van der Waals surface area contributed by atoms with Crippen LogP contribution in [0, 0.1) is 0 Å². The fourth-order valence-electron chi connectivity index (χ4n) is 2.57. The van der Waals surface area contributed by atoms with Crippen molar-refractivity contribution in [3.8, 4) is 17.2 Å². The molecule has 2 aliphatic heterocycles. The molecule has 0 aliphatic carbocycles. The quantitative estimate of drug-likeness (QED) is 0.769. The summed E-state index contributed by atoms with van der Waals surface area (Å²) in [6.45, 7) is 2.70. The lowest BCUT2D eigenvalue weighted by molar-refractivity contribution is -0.115. The highest BCUT2D eigenvalue weighted by Crippen LogP contribution is 2.39. The number of nitrogens with zero attached hydrogens (tertiary/aromatic N) is 1. The number of amides is 1. The predicted molar refractivity (Wildman–Crippen MR) is 106 cm³/mol. The minimum atomic E-state index is -0.224. The Morgan fingerprint density at radius 3 is 2.74 bits per heavy atom. The van der Waals surface area contributed by atoms with Gasteiger partial charge in [0.1, 0.15) is 5.75 Å². The number of benzene rings is 2. The first-order valence-electron chi connectivity index (χ1n) is 8.24. The summed E-state index contributed by atoms with van der Waals surface area (Å²) in [6.07, 6.45) is 1.71. The van der Waals surface area contributed by atoms with Gasteiger partial charge in [0.2, 0.25) is 6.79 Å². The van der Waals surface area contributed by atoms with Crippen molar-refractivity contribution in [2.24, 2.45) is 4.99 Å². The highest BCUT2D eigenvalue weighted by molar-refractivity contribution is 8.18. The number of carbonyl (C=O) groups is 1. The molecule has 2 aromatic carbocycles. The van der Waals surface area contributed by atoms with E-state index in [1.54, 1.807) is 18.2 Å². The van der Waals surface area contributed by atoms with Crippen molar-refractivity contribution in [3.63, 3.8) is 0 Å². The zero-order chi connectivity index (χ0) is 18.8. The van der Waals surface area contributed by atoms with E-state index >= 15 is 0 Å². The van der Waals surface area contributed by atoms with Crippen molar-refractivity contribution in [1.82, 2.24) is 5.32 Å². The lowest BCUT2D eigenvalue weighted by Gasteiger charge is -2.02. The molecule has 1 amide bonds. The Morgan fingerprint density at radius 2 is 2.00 bits per heavy atom. The molecule has 0 bridgehead atoms. The smallest absolute Gasteiger partial charge is 0.264 e. The summed E-state index contributed by atoms with van der Waals surface area (Å²) in [4.78, 5) is 17.2. The SMILES string of the molecule is CCOc1ccc(N=C2NC(=O)C(=Cc3cc4c(cc3Cl)OCO4)S2)cc1. The molecular formula is C19H15ClN2O4S. The Bertz CT molecular complexity index is 957. The van der Waals surface area contributed by atoms with E-state index in [1.165, 1.54) is 11.8 Å². The summed E-state index contributed by atoms with van der Waals surface area (Å²) in [6, 6.07) is 10.8. The number of fused-ring (bicyclic) bond motifs is 1. The highest BCUT2D eigenvalue weighted by atomic mass is 35.5. The number of amidine groups is 1. The van der Waals surface area contributed by atoms with Gasteiger partial charge in [-0.15, -0.1) is 0 Å². The summed E-state index contributed by atoms with van der Waals surface area (Å²) in [5.74, 6) is 1.77. The fourth-order valence-corrected chi connectivity index (χ4v) is 3.61. The molecule has 1 N–H and O–H groups in total. The van der Waals surface area contributed by atoms with Crippen molar-refractivity contribution < 1.29 is 19.0 Å². The second-order valence-electron chi connectivity index (χ2n) is 5.64. The summed E-state index contributed by atoms with van der Waals surface area (Å²) >= 11 is 7.53. The fraction of sp³-hybridized carbons (Fsp3) is 0.158. The Balaban J connectivity index is 1.54. The van der Waals surface area contributed by atoms with Crippen molar-refractivity contribution in [2.45, 2.75) is 6.92 Å². The Hall–Kier alpha value is -2.64. The monoisotopic (exact) mass is 402 g/mol. The average Bonchev–Trinajstić information content (AvgIpc) is 3.23. The van der Waals surface area contributed by atoms with Gasteiger partial charge in [0, 0.05) is 6.07 Å². The third-order valence-electron chi connectivity index (χ3n) is 3.81. The van der Waals surface area contributed by atoms with Crippen LogP contribution in [0.2, 0.25) is 5.02 Å². The van der Waals surface area contributed by atoms with Crippen LogP contribution in [-0.2, 0) is 4.79 Å². The van der Waals surface area contributed by atoms with E-state index in [2.05, 4.69) is 10.3 Å². The van der Waals surface area contributed by atoms with Crippen LogP contribution in [0.1, 0.15) is 12.5 Å². The van der Waals surface area contributed by atoms with Crippen molar-refractivity contribution in [1.29, 1.82) is 0 Å². The molecule has 0 aromatic heterocycles. The maximum Gasteiger partial charge on any atom is 0.264 e. The van der Waals surface area contributed by atoms with Gasteiger partial charge in [-0.3, -0.25) is 4.79 Å². The first-order valence-corrected chi connectivity index (χ1v) is 9.43. The number of ether oxygens (including phenoxy) is 3. The summed E-state index contributed by atoms with van der Waals surface area (Å²) in [7, 11) is 0. The lowest BCUT2D eigenvalue weighted by Crippen LogP contribution is -2.19. The van der Waals surface area contributed by atoms with Gasteiger partial charge in [-0.1, -0.05) is 11.6 Å². The summed E-state index contributed by atoms with van der Waals surface area (Å²) < 4.78 is 16.1.